The molecular weight excluding hydrogens is 459 g/mol. The third-order valence-electron chi connectivity index (χ3n) is 5.51. The van der Waals surface area contributed by atoms with E-state index in [0.717, 1.165) is 34.6 Å². The first kappa shape index (κ1) is 22.5. The number of hydrogen-bond donors (Lipinski definition) is 0. The highest BCUT2D eigenvalue weighted by Gasteiger charge is 2.42. The first-order chi connectivity index (χ1) is 15.6. The fraction of sp³-hybridized carbons (Fsp3) is 0.250. The Kier molecular flexibility index (Phi) is 5.68. The van der Waals surface area contributed by atoms with Crippen LogP contribution < -0.4 is 0 Å². The van der Waals surface area contributed by atoms with Gasteiger partial charge in [-0.05, 0) is 30.3 Å². The molecule has 0 unspecified atom stereocenters. The van der Waals surface area contributed by atoms with Crippen LogP contribution in [0.15, 0.2) is 47.4 Å². The molecule has 2 heterocycles. The number of nitro groups is 1. The highest BCUT2D eigenvalue weighted by molar-refractivity contribution is 7.89. The Morgan fingerprint density at radius 1 is 1.00 bits per heavy atom. The number of nitrogens with zero attached hydrogens (tertiary/aromatic N) is 4. The summed E-state index contributed by atoms with van der Waals surface area (Å²) in [7, 11) is -3.87. The first-order valence-electron chi connectivity index (χ1n) is 9.78. The summed E-state index contributed by atoms with van der Waals surface area (Å²) in [6, 6.07) is 8.07. The molecular formula is C20H17FN4O7S. The molecule has 172 valence electrons. The highest BCUT2D eigenvalue weighted by atomic mass is 32.2. The monoisotopic (exact) mass is 476 g/mol. The van der Waals surface area contributed by atoms with Crippen molar-refractivity contribution in [2.75, 3.05) is 32.7 Å². The molecule has 3 amide bonds. The second-order valence-corrected chi connectivity index (χ2v) is 9.33. The molecule has 1 saturated heterocycles. The molecule has 0 atom stereocenters. The van der Waals surface area contributed by atoms with Crippen LogP contribution in [0.25, 0.3) is 0 Å². The zero-order valence-corrected chi connectivity index (χ0v) is 17.8. The van der Waals surface area contributed by atoms with Crippen LogP contribution in [0.5, 0.6) is 0 Å². The van der Waals surface area contributed by atoms with Crippen LogP contribution in [0, 0.1) is 15.9 Å². The topological polar surface area (TPSA) is 138 Å². The molecule has 0 N–H and O–H groups in total. The minimum atomic E-state index is -3.87. The quantitative estimate of drug-likeness (QED) is 0.354. The van der Waals surface area contributed by atoms with Gasteiger partial charge in [-0.3, -0.25) is 29.4 Å². The molecule has 2 aliphatic heterocycles. The van der Waals surface area contributed by atoms with Crippen LogP contribution in [0.1, 0.15) is 20.7 Å². The molecule has 33 heavy (non-hydrogen) atoms. The third kappa shape index (κ3) is 3.96. The molecule has 11 nitrogen and oxygen atoms in total. The maximum Gasteiger partial charge on any atom is 0.282 e. The molecule has 2 aromatic carbocycles. The fourth-order valence-corrected chi connectivity index (χ4v) is 5.20. The lowest BCUT2D eigenvalue weighted by Gasteiger charge is -2.34. The van der Waals surface area contributed by atoms with Crippen LogP contribution in [0.4, 0.5) is 10.1 Å². The number of sulfonamides is 1. The number of carbonyl (C=O) groups is 3. The van der Waals surface area contributed by atoms with Gasteiger partial charge in [-0.1, -0.05) is 6.07 Å². The van der Waals surface area contributed by atoms with E-state index in [-0.39, 0.29) is 42.2 Å². The van der Waals surface area contributed by atoms with Gasteiger partial charge in [-0.2, -0.15) is 4.31 Å². The van der Waals surface area contributed by atoms with Gasteiger partial charge in [-0.25, -0.2) is 12.8 Å². The van der Waals surface area contributed by atoms with Crippen LogP contribution in [0.2, 0.25) is 0 Å². The molecule has 0 saturated carbocycles. The Labute approximate surface area is 187 Å². The minimum Gasteiger partial charge on any atom is -0.338 e. The number of hydrogen-bond acceptors (Lipinski definition) is 7. The average molecular weight is 476 g/mol. The van der Waals surface area contributed by atoms with E-state index in [1.807, 2.05) is 0 Å². The highest BCUT2D eigenvalue weighted by Crippen LogP contribution is 2.30. The van der Waals surface area contributed by atoms with Crippen molar-refractivity contribution in [1.82, 2.24) is 14.1 Å². The number of carbonyl (C=O) groups excluding carboxylic acids is 3. The van der Waals surface area contributed by atoms with Gasteiger partial charge in [0, 0.05) is 32.2 Å². The maximum absolute atomic E-state index is 13.1. The fourth-order valence-electron chi connectivity index (χ4n) is 3.78. The van der Waals surface area contributed by atoms with Crippen molar-refractivity contribution in [3.05, 3.63) is 69.5 Å². The number of halogens is 1. The first-order valence-corrected chi connectivity index (χ1v) is 11.2. The van der Waals surface area contributed by atoms with E-state index in [9.17, 15) is 37.3 Å². The summed E-state index contributed by atoms with van der Waals surface area (Å²) in [6.07, 6.45) is 0. The van der Waals surface area contributed by atoms with Gasteiger partial charge in [-0.15, -0.1) is 0 Å². The molecule has 2 aromatic rings. The van der Waals surface area contributed by atoms with Gasteiger partial charge in [0.05, 0.1) is 15.4 Å². The van der Waals surface area contributed by atoms with E-state index < -0.39 is 50.7 Å². The number of benzene rings is 2. The standard InChI is InChI=1S/C20H17FN4O7S/c21-13-4-6-14(7-5-13)33(31,32)23-10-8-22(9-11-23)17(26)12-24-19(27)15-2-1-3-16(25(29)30)18(15)20(24)28/h1-7H,8-12H2. The number of fused-ring (bicyclic) bond motifs is 1. The number of piperazine rings is 1. The molecule has 0 bridgehead atoms. The third-order valence-corrected chi connectivity index (χ3v) is 7.42. The molecule has 0 spiro atoms. The SMILES string of the molecule is O=C(CN1C(=O)c2cccc([N+](=O)[O-])c2C1=O)N1CCN(S(=O)(=O)c2ccc(F)cc2)CC1. The van der Waals surface area contributed by atoms with E-state index in [4.69, 9.17) is 0 Å². The van der Waals surface area contributed by atoms with Gasteiger partial charge >= 0.3 is 0 Å². The maximum atomic E-state index is 13.1. The van der Waals surface area contributed by atoms with Crippen LogP contribution in [-0.4, -0.2) is 77.9 Å². The minimum absolute atomic E-state index is 0.0164. The van der Waals surface area contributed by atoms with E-state index in [0.29, 0.717) is 4.90 Å². The lowest BCUT2D eigenvalue weighted by molar-refractivity contribution is -0.385. The molecule has 4 rings (SSSR count). The van der Waals surface area contributed by atoms with Gasteiger partial charge in [0.15, 0.2) is 0 Å². The molecule has 2 aliphatic rings. The summed E-state index contributed by atoms with van der Waals surface area (Å²) in [6.45, 7) is -0.641. The Balaban J connectivity index is 1.42. The van der Waals surface area contributed by atoms with E-state index in [1.54, 1.807) is 0 Å². The number of nitro benzene ring substituents is 1. The smallest absolute Gasteiger partial charge is 0.282 e. The second kappa shape index (κ2) is 8.33. The predicted octanol–water partition coefficient (Wildman–Crippen LogP) is 0.863. The van der Waals surface area contributed by atoms with Crippen molar-refractivity contribution in [1.29, 1.82) is 0 Å². The summed E-state index contributed by atoms with van der Waals surface area (Å²) in [4.78, 5) is 50.2. The molecule has 0 aliphatic carbocycles. The van der Waals surface area contributed by atoms with Gasteiger partial charge in [0.25, 0.3) is 17.5 Å². The number of imide groups is 1. The molecule has 0 aromatic heterocycles. The van der Waals surface area contributed by atoms with Crippen molar-refractivity contribution in [2.45, 2.75) is 4.90 Å². The van der Waals surface area contributed by atoms with Crippen molar-refractivity contribution in [3.63, 3.8) is 0 Å². The summed E-state index contributed by atoms with van der Waals surface area (Å²) in [5, 5.41) is 11.2. The van der Waals surface area contributed by atoms with Crippen LogP contribution >= 0.6 is 0 Å². The van der Waals surface area contributed by atoms with Crippen molar-refractivity contribution >= 4 is 33.4 Å². The van der Waals surface area contributed by atoms with Crippen molar-refractivity contribution in [3.8, 4) is 0 Å². The number of amides is 3. The van der Waals surface area contributed by atoms with E-state index >= 15 is 0 Å². The Morgan fingerprint density at radius 2 is 1.64 bits per heavy atom. The predicted molar refractivity (Wildman–Crippen MR) is 110 cm³/mol. The summed E-state index contributed by atoms with van der Waals surface area (Å²) in [5.74, 6) is -2.88. The van der Waals surface area contributed by atoms with E-state index in [1.165, 1.54) is 17.0 Å². The van der Waals surface area contributed by atoms with E-state index in [2.05, 4.69) is 0 Å². The normalized spacial score (nSPS) is 16.8. The average Bonchev–Trinajstić information content (AvgIpc) is 3.04. The largest absolute Gasteiger partial charge is 0.338 e. The molecule has 0 radical (unpaired) electrons. The Hall–Kier alpha value is -3.71. The molecule has 1 fully saturated rings. The number of rotatable bonds is 5. The molecule has 13 heteroatoms. The lowest BCUT2D eigenvalue weighted by atomic mass is 10.1. The summed E-state index contributed by atoms with van der Waals surface area (Å²) < 4.78 is 39.7. The van der Waals surface area contributed by atoms with Crippen molar-refractivity contribution in [2.24, 2.45) is 0 Å². The zero-order chi connectivity index (χ0) is 23.9. The zero-order valence-electron chi connectivity index (χ0n) is 17.0. The van der Waals surface area contributed by atoms with Crippen LogP contribution in [0.3, 0.4) is 0 Å². The summed E-state index contributed by atoms with van der Waals surface area (Å²) >= 11 is 0. The van der Waals surface area contributed by atoms with Gasteiger partial charge < -0.3 is 4.90 Å². The van der Waals surface area contributed by atoms with Gasteiger partial charge in [0.1, 0.15) is 17.9 Å². The Morgan fingerprint density at radius 3 is 2.24 bits per heavy atom. The Bertz CT molecular complexity index is 1270. The summed E-state index contributed by atoms with van der Waals surface area (Å²) in [5.41, 5.74) is -1.01. The lowest BCUT2D eigenvalue weighted by Crippen LogP contribution is -2.53. The van der Waals surface area contributed by atoms with Gasteiger partial charge in [0.2, 0.25) is 15.9 Å². The van der Waals surface area contributed by atoms with Crippen molar-refractivity contribution < 1.29 is 32.1 Å². The second-order valence-electron chi connectivity index (χ2n) is 7.39. The van der Waals surface area contributed by atoms with Crippen LogP contribution in [-0.2, 0) is 14.8 Å².